The first-order valence-corrected chi connectivity index (χ1v) is 9.59. The molecule has 10 N–H and O–H groups in total. The highest BCUT2D eigenvalue weighted by atomic mass is 31.2. The minimum Gasteiger partial charge on any atom is -0.330 e. The molecule has 0 aliphatic carbocycles. The fourth-order valence-electron chi connectivity index (χ4n) is 1.48. The molecule has 0 rings (SSSR count). The Labute approximate surface area is 136 Å². The Morgan fingerprint density at radius 3 is 1.39 bits per heavy atom. The van der Waals surface area contributed by atoms with E-state index in [1.165, 1.54) is 0 Å². The lowest BCUT2D eigenvalue weighted by atomic mass is 9.87. The molecule has 0 heterocycles. The van der Waals surface area contributed by atoms with E-state index in [-0.39, 0.29) is 5.54 Å². The van der Waals surface area contributed by atoms with Gasteiger partial charge in [0.1, 0.15) is 0 Å². The topological polar surface area (TPSA) is 208 Å². The summed E-state index contributed by atoms with van der Waals surface area (Å²) in [6, 6.07) is 0. The molecule has 0 unspecified atom stereocenters. The van der Waals surface area contributed by atoms with Crippen molar-refractivity contribution in [3.63, 3.8) is 0 Å². The fraction of sp³-hybridized carbons (Fsp3) is 0.636. The van der Waals surface area contributed by atoms with Crippen LogP contribution in [-0.2, 0) is 9.13 Å². The van der Waals surface area contributed by atoms with Crippen molar-refractivity contribution in [3.05, 3.63) is 25.3 Å². The maximum Gasteiger partial charge on any atom is 0.466 e. The first-order chi connectivity index (χ1) is 10.2. The van der Waals surface area contributed by atoms with E-state index in [0.29, 0.717) is 0 Å². The average molecular weight is 378 g/mol. The first-order valence-electron chi connectivity index (χ1n) is 6.46. The third kappa shape index (κ3) is 44.9. The zero-order chi connectivity index (χ0) is 19.2. The van der Waals surface area contributed by atoms with Crippen LogP contribution in [0.5, 0.6) is 0 Å². The SMILES string of the molecule is C=CCC(N)(CC=C)CCCCN.O=P(O)(O)O.O=P(O)(O)O. The molecule has 140 valence electrons. The van der Waals surface area contributed by atoms with E-state index in [2.05, 4.69) is 13.2 Å². The van der Waals surface area contributed by atoms with Gasteiger partial charge in [-0.3, -0.25) is 0 Å². The van der Waals surface area contributed by atoms with Gasteiger partial charge in [0.2, 0.25) is 0 Å². The van der Waals surface area contributed by atoms with Crippen molar-refractivity contribution in [1.82, 2.24) is 0 Å². The first kappa shape index (κ1) is 27.5. The van der Waals surface area contributed by atoms with E-state index in [1.807, 2.05) is 12.2 Å². The quantitative estimate of drug-likeness (QED) is 0.162. The van der Waals surface area contributed by atoms with E-state index >= 15 is 0 Å². The van der Waals surface area contributed by atoms with Crippen LogP contribution in [0.25, 0.3) is 0 Å². The van der Waals surface area contributed by atoms with E-state index < -0.39 is 15.6 Å². The molecule has 0 spiro atoms. The Hall–Kier alpha value is -0.380. The maximum absolute atomic E-state index is 8.88. The third-order valence-corrected chi connectivity index (χ3v) is 2.23. The minimum atomic E-state index is -4.64. The number of rotatable bonds is 8. The van der Waals surface area contributed by atoms with Gasteiger partial charge in [0.05, 0.1) is 0 Å². The van der Waals surface area contributed by atoms with E-state index in [4.69, 9.17) is 50.0 Å². The second-order valence-electron chi connectivity index (χ2n) is 4.62. The molecule has 10 nitrogen and oxygen atoms in total. The third-order valence-electron chi connectivity index (χ3n) is 2.23. The lowest BCUT2D eigenvalue weighted by Crippen LogP contribution is -2.38. The summed E-state index contributed by atoms with van der Waals surface area (Å²) in [6.07, 6.45) is 8.61. The monoisotopic (exact) mass is 378 g/mol. The largest absolute Gasteiger partial charge is 0.466 e. The van der Waals surface area contributed by atoms with Gasteiger partial charge in [-0.15, -0.1) is 13.2 Å². The summed E-state index contributed by atoms with van der Waals surface area (Å²) in [6.45, 7) is 8.18. The molecule has 0 radical (unpaired) electrons. The Kier molecular flexibility index (Phi) is 16.7. The predicted molar refractivity (Wildman–Crippen MR) is 88.0 cm³/mol. The molecular weight excluding hydrogens is 350 g/mol. The van der Waals surface area contributed by atoms with Gasteiger partial charge in [0.25, 0.3) is 0 Å². The summed E-state index contributed by atoms with van der Waals surface area (Å²) >= 11 is 0. The van der Waals surface area contributed by atoms with Gasteiger partial charge in [-0.1, -0.05) is 18.6 Å². The van der Waals surface area contributed by atoms with Crippen molar-refractivity contribution in [1.29, 1.82) is 0 Å². The van der Waals surface area contributed by atoms with Gasteiger partial charge in [-0.25, -0.2) is 9.13 Å². The van der Waals surface area contributed by atoms with Crippen LogP contribution in [0.3, 0.4) is 0 Å². The fourth-order valence-corrected chi connectivity index (χ4v) is 1.48. The van der Waals surface area contributed by atoms with Crippen molar-refractivity contribution in [2.24, 2.45) is 11.5 Å². The summed E-state index contributed by atoms with van der Waals surface area (Å²) in [5.41, 5.74) is 11.5. The summed E-state index contributed by atoms with van der Waals surface area (Å²) < 4.78 is 17.8. The number of hydrogen-bond acceptors (Lipinski definition) is 4. The van der Waals surface area contributed by atoms with Gasteiger partial charge in [0, 0.05) is 5.54 Å². The van der Waals surface area contributed by atoms with Crippen LogP contribution in [0.2, 0.25) is 0 Å². The molecule has 0 bridgehead atoms. The zero-order valence-corrected chi connectivity index (χ0v) is 14.6. The molecule has 0 aromatic rings. The normalized spacial score (nSPS) is 11.5. The molecule has 0 aliphatic rings. The molecular formula is C11H28N2O8P2. The van der Waals surface area contributed by atoms with Crippen LogP contribution in [0, 0.1) is 0 Å². The Morgan fingerprint density at radius 2 is 1.17 bits per heavy atom. The van der Waals surface area contributed by atoms with Crippen LogP contribution >= 0.6 is 15.6 Å². The summed E-state index contributed by atoms with van der Waals surface area (Å²) in [5, 5.41) is 0. The number of nitrogens with two attached hydrogens (primary N) is 2. The van der Waals surface area contributed by atoms with Crippen molar-refractivity contribution in [2.45, 2.75) is 37.6 Å². The van der Waals surface area contributed by atoms with Gasteiger partial charge in [0.15, 0.2) is 0 Å². The van der Waals surface area contributed by atoms with Crippen molar-refractivity contribution >= 4 is 15.6 Å². The second kappa shape index (κ2) is 14.0. The lowest BCUT2D eigenvalue weighted by Gasteiger charge is -2.26. The molecule has 12 heteroatoms. The van der Waals surface area contributed by atoms with Crippen LogP contribution in [0.4, 0.5) is 0 Å². The van der Waals surface area contributed by atoms with Gasteiger partial charge in [-0.2, -0.15) is 0 Å². The highest BCUT2D eigenvalue weighted by Gasteiger charge is 2.20. The molecule has 0 fully saturated rings. The second-order valence-corrected chi connectivity index (χ2v) is 6.67. The van der Waals surface area contributed by atoms with Gasteiger partial charge >= 0.3 is 15.6 Å². The Morgan fingerprint density at radius 1 is 0.870 bits per heavy atom. The minimum absolute atomic E-state index is 0.140. The van der Waals surface area contributed by atoms with Crippen molar-refractivity contribution < 1.29 is 38.5 Å². The molecule has 0 saturated carbocycles. The van der Waals surface area contributed by atoms with Gasteiger partial charge < -0.3 is 40.8 Å². The van der Waals surface area contributed by atoms with Crippen LogP contribution < -0.4 is 11.5 Å². The molecule has 0 aromatic carbocycles. The molecule has 0 saturated heterocycles. The zero-order valence-electron chi connectivity index (χ0n) is 12.9. The molecule has 0 atom stereocenters. The van der Waals surface area contributed by atoms with Crippen molar-refractivity contribution in [3.8, 4) is 0 Å². The van der Waals surface area contributed by atoms with Crippen LogP contribution in [0.15, 0.2) is 25.3 Å². The maximum atomic E-state index is 8.88. The number of hydrogen-bond donors (Lipinski definition) is 8. The molecule has 0 aliphatic heterocycles. The molecule has 0 amide bonds. The molecule has 23 heavy (non-hydrogen) atoms. The average Bonchev–Trinajstić information content (AvgIpc) is 2.25. The lowest BCUT2D eigenvalue weighted by molar-refractivity contribution is 0.272. The highest BCUT2D eigenvalue weighted by molar-refractivity contribution is 7.45. The Bertz CT molecular complexity index is 360. The van der Waals surface area contributed by atoms with E-state index in [1.54, 1.807) is 0 Å². The summed E-state index contributed by atoms with van der Waals surface area (Å²) in [5.74, 6) is 0. The van der Waals surface area contributed by atoms with Gasteiger partial charge in [-0.05, 0) is 32.2 Å². The van der Waals surface area contributed by atoms with E-state index in [0.717, 1.165) is 38.6 Å². The summed E-state index contributed by atoms with van der Waals surface area (Å²) in [4.78, 5) is 43.1. The van der Waals surface area contributed by atoms with Crippen LogP contribution in [-0.4, -0.2) is 41.4 Å². The summed E-state index contributed by atoms with van der Waals surface area (Å²) in [7, 11) is -9.28. The predicted octanol–water partition coefficient (Wildman–Crippen LogP) is 0.108. The molecule has 0 aromatic heterocycles. The van der Waals surface area contributed by atoms with Crippen molar-refractivity contribution in [2.75, 3.05) is 6.54 Å². The standard InChI is InChI=1S/C11H22N2.2H3O4P/c1-3-7-11(13,8-4-2)9-5-6-10-12;2*1-5(2,3)4/h3-4H,1-2,5-10,12-13H2;2*(H3,1,2,3,4). The van der Waals surface area contributed by atoms with E-state index in [9.17, 15) is 0 Å². The van der Waals surface area contributed by atoms with Crippen LogP contribution in [0.1, 0.15) is 32.1 Å². The highest BCUT2D eigenvalue weighted by Crippen LogP contribution is 2.26. The number of unbranched alkanes of at least 4 members (excludes halogenated alkanes) is 1. The number of phosphoric acid groups is 2. The smallest absolute Gasteiger partial charge is 0.330 e. The Balaban J connectivity index is -0.000000329.